The second kappa shape index (κ2) is 5.19. The van der Waals surface area contributed by atoms with Gasteiger partial charge in [0, 0.05) is 11.6 Å². The quantitative estimate of drug-likeness (QED) is 0.777. The lowest BCUT2D eigenvalue weighted by Crippen LogP contribution is -2.18. The van der Waals surface area contributed by atoms with Gasteiger partial charge in [-0.1, -0.05) is 13.8 Å². The van der Waals surface area contributed by atoms with Crippen LogP contribution in [0.3, 0.4) is 0 Å². The van der Waals surface area contributed by atoms with Crippen LogP contribution in [0.5, 0.6) is 0 Å². The van der Waals surface area contributed by atoms with Crippen LogP contribution in [0.2, 0.25) is 0 Å². The third-order valence-corrected chi connectivity index (χ3v) is 4.60. The van der Waals surface area contributed by atoms with E-state index in [1.165, 1.54) is 24.1 Å². The molecule has 2 unspecified atom stereocenters. The molecule has 1 saturated carbocycles. The van der Waals surface area contributed by atoms with E-state index in [4.69, 9.17) is 9.72 Å². The van der Waals surface area contributed by atoms with Crippen molar-refractivity contribution >= 4 is 5.97 Å². The lowest BCUT2D eigenvalue weighted by Gasteiger charge is -2.28. The van der Waals surface area contributed by atoms with Crippen LogP contribution < -0.4 is 0 Å². The summed E-state index contributed by atoms with van der Waals surface area (Å²) in [6.45, 7) is 6.76. The zero-order valence-corrected chi connectivity index (χ0v) is 12.6. The van der Waals surface area contributed by atoms with Crippen LogP contribution >= 0.6 is 0 Å². The predicted molar refractivity (Wildman–Crippen MR) is 78.2 cm³/mol. The minimum atomic E-state index is -0.199. The van der Waals surface area contributed by atoms with E-state index in [-0.39, 0.29) is 5.97 Å². The number of aromatic nitrogens is 1. The van der Waals surface area contributed by atoms with Crippen LogP contribution in [0, 0.1) is 0 Å². The highest BCUT2D eigenvalue weighted by molar-refractivity contribution is 5.91. The standard InChI is InChI=1S/C17H23NO2/c1-4-20-17(19)14-9-13-10(2)5-6-11(3)15(13)18-16(14)12-7-8-12/h9-12H,4-8H2,1-3H3. The Hall–Kier alpha value is -1.38. The summed E-state index contributed by atoms with van der Waals surface area (Å²) in [5, 5.41) is 0. The van der Waals surface area contributed by atoms with Crippen LogP contribution in [-0.4, -0.2) is 17.6 Å². The van der Waals surface area contributed by atoms with E-state index in [1.54, 1.807) is 0 Å². The molecule has 1 aromatic rings. The van der Waals surface area contributed by atoms with Crippen molar-refractivity contribution in [1.82, 2.24) is 4.98 Å². The number of carbonyl (C=O) groups excluding carboxylic acids is 1. The maximum atomic E-state index is 12.2. The number of hydrogen-bond donors (Lipinski definition) is 0. The molecule has 1 aromatic heterocycles. The molecule has 20 heavy (non-hydrogen) atoms. The van der Waals surface area contributed by atoms with Gasteiger partial charge in [0.2, 0.25) is 0 Å². The highest BCUT2D eigenvalue weighted by Crippen LogP contribution is 2.44. The second-order valence-electron chi connectivity index (χ2n) is 6.27. The highest BCUT2D eigenvalue weighted by atomic mass is 16.5. The number of ether oxygens (including phenoxy) is 1. The first kappa shape index (κ1) is 13.6. The minimum Gasteiger partial charge on any atom is -0.462 e. The van der Waals surface area contributed by atoms with Gasteiger partial charge in [0.25, 0.3) is 0 Å². The van der Waals surface area contributed by atoms with Gasteiger partial charge in [0.15, 0.2) is 0 Å². The lowest BCUT2D eigenvalue weighted by molar-refractivity contribution is 0.0524. The molecule has 0 bridgehead atoms. The third kappa shape index (κ3) is 2.34. The SMILES string of the molecule is CCOC(=O)c1cc2c(nc1C1CC1)C(C)CCC2C. The first-order valence-electron chi connectivity index (χ1n) is 7.83. The van der Waals surface area contributed by atoms with Crippen molar-refractivity contribution in [3.8, 4) is 0 Å². The molecule has 3 nitrogen and oxygen atoms in total. The maximum Gasteiger partial charge on any atom is 0.339 e. The first-order valence-corrected chi connectivity index (χ1v) is 7.83. The number of hydrogen-bond acceptors (Lipinski definition) is 3. The molecule has 1 fully saturated rings. The molecule has 108 valence electrons. The number of nitrogens with zero attached hydrogens (tertiary/aromatic N) is 1. The summed E-state index contributed by atoms with van der Waals surface area (Å²) < 4.78 is 5.22. The molecule has 1 heterocycles. The fraction of sp³-hybridized carbons (Fsp3) is 0.647. The Morgan fingerprint density at radius 1 is 1.20 bits per heavy atom. The number of carbonyl (C=O) groups is 1. The van der Waals surface area contributed by atoms with Crippen LogP contribution in [0.1, 0.15) is 91.5 Å². The molecule has 0 N–H and O–H groups in total. The van der Waals surface area contributed by atoms with Crippen LogP contribution in [-0.2, 0) is 4.74 Å². The fourth-order valence-electron chi connectivity index (χ4n) is 3.18. The van der Waals surface area contributed by atoms with Gasteiger partial charge < -0.3 is 4.74 Å². The molecule has 3 heteroatoms. The van der Waals surface area contributed by atoms with E-state index in [0.29, 0.717) is 29.9 Å². The summed E-state index contributed by atoms with van der Waals surface area (Å²) in [6.07, 6.45) is 4.69. The summed E-state index contributed by atoms with van der Waals surface area (Å²) in [5.41, 5.74) is 4.19. The van der Waals surface area contributed by atoms with Crippen LogP contribution in [0.25, 0.3) is 0 Å². The van der Waals surface area contributed by atoms with E-state index >= 15 is 0 Å². The number of rotatable bonds is 3. The van der Waals surface area contributed by atoms with E-state index in [1.807, 2.05) is 6.92 Å². The maximum absolute atomic E-state index is 12.2. The zero-order chi connectivity index (χ0) is 14.3. The number of fused-ring (bicyclic) bond motifs is 1. The number of pyridine rings is 1. The van der Waals surface area contributed by atoms with Gasteiger partial charge >= 0.3 is 5.97 Å². The Morgan fingerprint density at radius 3 is 2.55 bits per heavy atom. The smallest absolute Gasteiger partial charge is 0.339 e. The van der Waals surface area contributed by atoms with Gasteiger partial charge in [-0.15, -0.1) is 0 Å². The van der Waals surface area contributed by atoms with Gasteiger partial charge in [0.05, 0.1) is 17.9 Å². The van der Waals surface area contributed by atoms with Gasteiger partial charge in [0.1, 0.15) is 0 Å². The first-order chi connectivity index (χ1) is 9.61. The summed E-state index contributed by atoms with van der Waals surface area (Å²) in [4.78, 5) is 17.1. The largest absolute Gasteiger partial charge is 0.462 e. The summed E-state index contributed by atoms with van der Waals surface area (Å²) in [5.74, 6) is 1.28. The molecule has 2 atom stereocenters. The van der Waals surface area contributed by atoms with Crippen molar-refractivity contribution in [3.05, 3.63) is 28.6 Å². The molecule has 0 spiro atoms. The van der Waals surface area contributed by atoms with Crippen LogP contribution in [0.15, 0.2) is 6.07 Å². The van der Waals surface area contributed by atoms with Crippen molar-refractivity contribution in [2.45, 2.75) is 64.2 Å². The summed E-state index contributed by atoms with van der Waals surface area (Å²) in [6, 6.07) is 2.08. The van der Waals surface area contributed by atoms with Gasteiger partial charge in [-0.25, -0.2) is 4.79 Å². The summed E-state index contributed by atoms with van der Waals surface area (Å²) >= 11 is 0. The minimum absolute atomic E-state index is 0.199. The van der Waals surface area contributed by atoms with Crippen molar-refractivity contribution in [1.29, 1.82) is 0 Å². The van der Waals surface area contributed by atoms with Crippen molar-refractivity contribution < 1.29 is 9.53 Å². The zero-order valence-electron chi connectivity index (χ0n) is 12.6. The highest BCUT2D eigenvalue weighted by Gasteiger charge is 2.34. The van der Waals surface area contributed by atoms with Crippen LogP contribution in [0.4, 0.5) is 0 Å². The van der Waals surface area contributed by atoms with Crippen molar-refractivity contribution in [2.24, 2.45) is 0 Å². The molecule has 2 aliphatic carbocycles. The van der Waals surface area contributed by atoms with Crippen molar-refractivity contribution in [2.75, 3.05) is 6.61 Å². The third-order valence-electron chi connectivity index (χ3n) is 4.60. The molecule has 0 aromatic carbocycles. The fourth-order valence-corrected chi connectivity index (χ4v) is 3.18. The van der Waals surface area contributed by atoms with E-state index in [0.717, 1.165) is 18.5 Å². The molecular formula is C17H23NO2. The second-order valence-corrected chi connectivity index (χ2v) is 6.27. The molecule has 0 amide bonds. The molecule has 0 aliphatic heterocycles. The van der Waals surface area contributed by atoms with Gasteiger partial charge in [-0.2, -0.15) is 0 Å². The Morgan fingerprint density at radius 2 is 1.90 bits per heavy atom. The van der Waals surface area contributed by atoms with Gasteiger partial charge in [-0.05, 0) is 56.1 Å². The Labute approximate surface area is 120 Å². The molecule has 0 radical (unpaired) electrons. The van der Waals surface area contributed by atoms with E-state index in [2.05, 4.69) is 19.9 Å². The van der Waals surface area contributed by atoms with Gasteiger partial charge in [-0.3, -0.25) is 4.98 Å². The Kier molecular flexibility index (Phi) is 3.53. The summed E-state index contributed by atoms with van der Waals surface area (Å²) in [7, 11) is 0. The average molecular weight is 273 g/mol. The normalized spacial score (nSPS) is 25.1. The molecular weight excluding hydrogens is 250 g/mol. The topological polar surface area (TPSA) is 39.2 Å². The Bertz CT molecular complexity index is 534. The monoisotopic (exact) mass is 273 g/mol. The Balaban J connectivity index is 2.08. The molecule has 0 saturated heterocycles. The predicted octanol–water partition coefficient (Wildman–Crippen LogP) is 4.14. The number of esters is 1. The molecule has 3 rings (SSSR count). The van der Waals surface area contributed by atoms with Crippen molar-refractivity contribution in [3.63, 3.8) is 0 Å². The average Bonchev–Trinajstić information content (AvgIpc) is 3.26. The molecule has 2 aliphatic rings. The van der Waals surface area contributed by atoms with E-state index < -0.39 is 0 Å². The lowest BCUT2D eigenvalue weighted by atomic mass is 9.80. The van der Waals surface area contributed by atoms with E-state index in [9.17, 15) is 4.79 Å².